The van der Waals surface area contributed by atoms with Crippen molar-refractivity contribution >= 4 is 11.9 Å². The summed E-state index contributed by atoms with van der Waals surface area (Å²) in [7, 11) is 0. The Morgan fingerprint density at radius 3 is 2.76 bits per heavy atom. The SMILES string of the molecule is CCC(CC)NC(=O)COC(=O)CCc1nc(-c2ccccn2)no1. The van der Waals surface area contributed by atoms with Crippen LogP contribution in [0.5, 0.6) is 0 Å². The molecule has 1 amide bonds. The van der Waals surface area contributed by atoms with Gasteiger partial charge in [-0.25, -0.2) is 0 Å². The first-order valence-electron chi connectivity index (χ1n) is 8.31. The summed E-state index contributed by atoms with van der Waals surface area (Å²) < 4.78 is 10.0. The van der Waals surface area contributed by atoms with E-state index in [2.05, 4.69) is 20.4 Å². The highest BCUT2D eigenvalue weighted by Gasteiger charge is 2.14. The summed E-state index contributed by atoms with van der Waals surface area (Å²) in [5.41, 5.74) is 0.596. The van der Waals surface area contributed by atoms with Crippen molar-refractivity contribution in [2.24, 2.45) is 0 Å². The van der Waals surface area contributed by atoms with Crippen LogP contribution in [0.3, 0.4) is 0 Å². The summed E-state index contributed by atoms with van der Waals surface area (Å²) in [4.78, 5) is 31.7. The van der Waals surface area contributed by atoms with E-state index in [1.807, 2.05) is 19.9 Å². The number of carbonyl (C=O) groups excluding carboxylic acids is 2. The molecule has 0 aliphatic rings. The zero-order chi connectivity index (χ0) is 18.1. The molecule has 2 aromatic rings. The summed E-state index contributed by atoms with van der Waals surface area (Å²) in [5.74, 6) is -0.0952. The molecule has 0 bridgehead atoms. The standard InChI is InChI=1S/C17H22N4O4/c1-3-12(4-2)19-14(22)11-24-16(23)9-8-15-20-17(21-25-15)13-7-5-6-10-18-13/h5-7,10,12H,3-4,8-9,11H2,1-2H3,(H,19,22). The van der Waals surface area contributed by atoms with Gasteiger partial charge in [0.05, 0.1) is 6.42 Å². The molecule has 2 rings (SSSR count). The van der Waals surface area contributed by atoms with Crippen LogP contribution in [-0.2, 0) is 20.7 Å². The van der Waals surface area contributed by atoms with E-state index in [1.165, 1.54) is 0 Å². The van der Waals surface area contributed by atoms with E-state index in [1.54, 1.807) is 18.3 Å². The third-order valence-corrected chi connectivity index (χ3v) is 3.62. The third kappa shape index (κ3) is 5.98. The molecule has 0 spiro atoms. The number of esters is 1. The van der Waals surface area contributed by atoms with E-state index in [4.69, 9.17) is 9.26 Å². The number of amides is 1. The van der Waals surface area contributed by atoms with E-state index in [0.29, 0.717) is 17.4 Å². The normalized spacial score (nSPS) is 10.7. The van der Waals surface area contributed by atoms with Crippen molar-refractivity contribution in [3.05, 3.63) is 30.3 Å². The van der Waals surface area contributed by atoms with Crippen molar-refractivity contribution in [1.29, 1.82) is 0 Å². The van der Waals surface area contributed by atoms with Crippen LogP contribution < -0.4 is 5.32 Å². The van der Waals surface area contributed by atoms with Gasteiger partial charge in [0.1, 0.15) is 5.69 Å². The number of nitrogens with one attached hydrogen (secondary N) is 1. The lowest BCUT2D eigenvalue weighted by molar-refractivity contribution is -0.148. The van der Waals surface area contributed by atoms with Crippen LogP contribution in [0, 0.1) is 0 Å². The van der Waals surface area contributed by atoms with Crippen molar-refractivity contribution < 1.29 is 18.8 Å². The van der Waals surface area contributed by atoms with Crippen LogP contribution in [0.2, 0.25) is 0 Å². The number of hydrogen-bond acceptors (Lipinski definition) is 7. The molecule has 0 aromatic carbocycles. The lowest BCUT2D eigenvalue weighted by Gasteiger charge is -2.14. The fourth-order valence-electron chi connectivity index (χ4n) is 2.14. The van der Waals surface area contributed by atoms with Crippen LogP contribution in [0.25, 0.3) is 11.5 Å². The second-order valence-electron chi connectivity index (χ2n) is 5.47. The molecule has 1 N–H and O–H groups in total. The molecule has 2 aromatic heterocycles. The van der Waals surface area contributed by atoms with E-state index in [0.717, 1.165) is 12.8 Å². The molecule has 134 valence electrons. The van der Waals surface area contributed by atoms with E-state index >= 15 is 0 Å². The summed E-state index contributed by atoms with van der Waals surface area (Å²) >= 11 is 0. The minimum absolute atomic E-state index is 0.0577. The van der Waals surface area contributed by atoms with Gasteiger partial charge in [0.25, 0.3) is 5.91 Å². The Bertz CT molecular complexity index is 683. The summed E-state index contributed by atoms with van der Waals surface area (Å²) in [6.45, 7) is 3.70. The van der Waals surface area contributed by atoms with Gasteiger partial charge in [0.2, 0.25) is 11.7 Å². The molecule has 0 aliphatic carbocycles. The fourth-order valence-corrected chi connectivity index (χ4v) is 2.14. The first-order chi connectivity index (χ1) is 12.1. The lowest BCUT2D eigenvalue weighted by atomic mass is 10.2. The highest BCUT2D eigenvalue weighted by molar-refractivity contribution is 5.80. The molecule has 0 radical (unpaired) electrons. The highest BCUT2D eigenvalue weighted by Crippen LogP contribution is 2.12. The Kier molecular flexibility index (Phi) is 7.06. The molecular weight excluding hydrogens is 324 g/mol. The van der Waals surface area contributed by atoms with Gasteiger partial charge in [-0.05, 0) is 25.0 Å². The maximum Gasteiger partial charge on any atom is 0.306 e. The highest BCUT2D eigenvalue weighted by atomic mass is 16.5. The minimum Gasteiger partial charge on any atom is -0.456 e. The monoisotopic (exact) mass is 346 g/mol. The number of hydrogen-bond donors (Lipinski definition) is 1. The molecule has 0 saturated carbocycles. The van der Waals surface area contributed by atoms with Crippen LogP contribution in [0.15, 0.2) is 28.9 Å². The molecule has 0 saturated heterocycles. The van der Waals surface area contributed by atoms with Crippen LogP contribution in [0.4, 0.5) is 0 Å². The molecule has 8 heteroatoms. The molecule has 25 heavy (non-hydrogen) atoms. The van der Waals surface area contributed by atoms with Gasteiger partial charge < -0.3 is 14.6 Å². The molecule has 0 aliphatic heterocycles. The maximum atomic E-state index is 11.7. The average Bonchev–Trinajstić information content (AvgIpc) is 3.12. The average molecular weight is 346 g/mol. The fraction of sp³-hybridized carbons (Fsp3) is 0.471. The molecule has 0 atom stereocenters. The number of aryl methyl sites for hydroxylation is 1. The Morgan fingerprint density at radius 2 is 2.08 bits per heavy atom. The number of carbonyl (C=O) groups is 2. The molecule has 0 unspecified atom stereocenters. The van der Waals surface area contributed by atoms with Crippen LogP contribution in [0.1, 0.15) is 39.0 Å². The van der Waals surface area contributed by atoms with Gasteiger partial charge in [-0.2, -0.15) is 4.98 Å². The van der Waals surface area contributed by atoms with Gasteiger partial charge in [-0.1, -0.05) is 25.1 Å². The summed E-state index contributed by atoms with van der Waals surface area (Å²) in [6, 6.07) is 5.48. The third-order valence-electron chi connectivity index (χ3n) is 3.62. The zero-order valence-electron chi connectivity index (χ0n) is 14.4. The predicted octanol–water partition coefficient (Wildman–Crippen LogP) is 1.91. The van der Waals surface area contributed by atoms with Gasteiger partial charge in [-0.15, -0.1) is 0 Å². The zero-order valence-corrected chi connectivity index (χ0v) is 14.4. The number of pyridine rings is 1. The van der Waals surface area contributed by atoms with Gasteiger partial charge >= 0.3 is 5.97 Å². The topological polar surface area (TPSA) is 107 Å². The van der Waals surface area contributed by atoms with Gasteiger partial charge in [-0.3, -0.25) is 14.6 Å². The van der Waals surface area contributed by atoms with Crippen LogP contribution in [-0.4, -0.2) is 39.6 Å². The van der Waals surface area contributed by atoms with E-state index in [-0.39, 0.29) is 31.4 Å². The molecule has 8 nitrogen and oxygen atoms in total. The minimum atomic E-state index is -0.489. The second-order valence-corrected chi connectivity index (χ2v) is 5.47. The van der Waals surface area contributed by atoms with Crippen molar-refractivity contribution in [3.63, 3.8) is 0 Å². The number of nitrogens with zero attached hydrogens (tertiary/aromatic N) is 3. The van der Waals surface area contributed by atoms with Crippen molar-refractivity contribution in [2.75, 3.05) is 6.61 Å². The number of aromatic nitrogens is 3. The van der Waals surface area contributed by atoms with E-state index < -0.39 is 5.97 Å². The summed E-state index contributed by atoms with van der Waals surface area (Å²) in [6.07, 6.45) is 3.61. The summed E-state index contributed by atoms with van der Waals surface area (Å²) in [5, 5.41) is 6.63. The Morgan fingerprint density at radius 1 is 1.28 bits per heavy atom. The first-order valence-corrected chi connectivity index (χ1v) is 8.31. The first kappa shape index (κ1) is 18.6. The Hall–Kier alpha value is -2.77. The van der Waals surface area contributed by atoms with Crippen molar-refractivity contribution in [2.45, 2.75) is 45.6 Å². The molecular formula is C17H22N4O4. The van der Waals surface area contributed by atoms with Crippen molar-refractivity contribution in [3.8, 4) is 11.5 Å². The van der Waals surface area contributed by atoms with Crippen LogP contribution >= 0.6 is 0 Å². The largest absolute Gasteiger partial charge is 0.456 e. The van der Waals surface area contributed by atoms with Crippen molar-refractivity contribution in [1.82, 2.24) is 20.4 Å². The maximum absolute atomic E-state index is 11.7. The van der Waals surface area contributed by atoms with E-state index in [9.17, 15) is 9.59 Å². The quantitative estimate of drug-likeness (QED) is 0.691. The molecule has 0 fully saturated rings. The number of ether oxygens (including phenoxy) is 1. The van der Waals surface area contributed by atoms with Gasteiger partial charge in [0, 0.05) is 18.7 Å². The Labute approximate surface area is 146 Å². The lowest BCUT2D eigenvalue weighted by Crippen LogP contribution is -2.36. The predicted molar refractivity (Wildman–Crippen MR) is 89.3 cm³/mol. The second kappa shape index (κ2) is 9.51. The number of rotatable bonds is 9. The molecule has 2 heterocycles. The Balaban J connectivity index is 1.73. The van der Waals surface area contributed by atoms with Gasteiger partial charge in [0.15, 0.2) is 6.61 Å². The smallest absolute Gasteiger partial charge is 0.306 e.